The summed E-state index contributed by atoms with van der Waals surface area (Å²) in [6.07, 6.45) is 6.51. The predicted molar refractivity (Wildman–Crippen MR) is 150 cm³/mol. The van der Waals surface area contributed by atoms with Gasteiger partial charge in [-0.15, -0.1) is 0 Å². The van der Waals surface area contributed by atoms with Gasteiger partial charge in [0.2, 0.25) is 15.0 Å². The van der Waals surface area contributed by atoms with Gasteiger partial charge in [-0.2, -0.15) is 0 Å². The van der Waals surface area contributed by atoms with Crippen molar-refractivity contribution in [1.82, 2.24) is 25.3 Å². The molecule has 3 aromatic rings. The van der Waals surface area contributed by atoms with E-state index in [1.807, 2.05) is 20.8 Å². The van der Waals surface area contributed by atoms with Crippen molar-refractivity contribution < 1.29 is 27.4 Å². The van der Waals surface area contributed by atoms with Crippen LogP contribution in [0.15, 0.2) is 35.9 Å². The van der Waals surface area contributed by atoms with E-state index in [0.29, 0.717) is 72.9 Å². The first-order valence-corrected chi connectivity index (χ1v) is 14.5. The van der Waals surface area contributed by atoms with E-state index >= 15 is 0 Å². The number of rotatable bonds is 11. The van der Waals surface area contributed by atoms with Crippen LogP contribution in [0.2, 0.25) is 0 Å². The highest BCUT2D eigenvalue weighted by atomic mass is 32.2. The van der Waals surface area contributed by atoms with E-state index in [2.05, 4.69) is 42.4 Å². The Bertz CT molecular complexity index is 1490. The maximum atomic E-state index is 12.0. The SMILES string of the molecule is CNc1ncc(C#Cc2cc(OCCCOCCCNC(=O)OC(C)(C)C)ccn2)c2nc(S(C)(=O)=O)ncc12. The van der Waals surface area contributed by atoms with Crippen LogP contribution < -0.4 is 15.4 Å². The van der Waals surface area contributed by atoms with Gasteiger partial charge in [0.1, 0.15) is 22.9 Å². The number of aromatic nitrogens is 4. The predicted octanol–water partition coefficient (Wildman–Crippen LogP) is 2.97. The molecule has 0 spiro atoms. The monoisotopic (exact) mass is 570 g/mol. The number of nitrogens with zero attached hydrogens (tertiary/aromatic N) is 4. The number of hydrogen-bond donors (Lipinski definition) is 2. The van der Waals surface area contributed by atoms with E-state index in [4.69, 9.17) is 14.2 Å². The zero-order valence-corrected chi connectivity index (χ0v) is 24.1. The number of hydrogen-bond acceptors (Lipinski definition) is 11. The van der Waals surface area contributed by atoms with Crippen LogP contribution in [0, 0.1) is 11.8 Å². The molecule has 0 bridgehead atoms. The van der Waals surface area contributed by atoms with Crippen LogP contribution >= 0.6 is 0 Å². The highest BCUT2D eigenvalue weighted by molar-refractivity contribution is 7.90. The van der Waals surface area contributed by atoms with Crippen molar-refractivity contribution in [2.24, 2.45) is 0 Å². The highest BCUT2D eigenvalue weighted by Gasteiger charge is 2.16. The molecule has 0 aliphatic heterocycles. The van der Waals surface area contributed by atoms with E-state index in [-0.39, 0.29) is 5.16 Å². The minimum absolute atomic E-state index is 0.286. The standard InChI is InChI=1S/C27H34N6O6S/c1-27(2,3)39-26(34)30-11-6-13-37-14-7-15-38-21-10-12-29-20(16-21)9-8-19-17-31-24(28-4)22-18-32-25(33-23(19)22)40(5,35)36/h10,12,16-18H,6-7,11,13-15H2,1-5H3,(H,28,31)(H,30,34). The second kappa shape index (κ2) is 13.9. The second-order valence-corrected chi connectivity index (χ2v) is 11.6. The fourth-order valence-corrected chi connectivity index (χ4v) is 3.81. The summed E-state index contributed by atoms with van der Waals surface area (Å²) in [5.74, 6) is 7.06. The van der Waals surface area contributed by atoms with Crippen molar-refractivity contribution >= 4 is 32.7 Å². The van der Waals surface area contributed by atoms with Gasteiger partial charge in [0.15, 0.2) is 0 Å². The van der Waals surface area contributed by atoms with Crippen LogP contribution in [0.25, 0.3) is 10.9 Å². The highest BCUT2D eigenvalue weighted by Crippen LogP contribution is 2.23. The minimum Gasteiger partial charge on any atom is -0.493 e. The topological polar surface area (TPSA) is 155 Å². The number of sulfone groups is 1. The Morgan fingerprint density at radius 2 is 1.82 bits per heavy atom. The maximum Gasteiger partial charge on any atom is 0.407 e. The molecule has 0 unspecified atom stereocenters. The van der Waals surface area contributed by atoms with Crippen molar-refractivity contribution in [3.8, 4) is 17.6 Å². The second-order valence-electron chi connectivity index (χ2n) is 9.68. The van der Waals surface area contributed by atoms with Crippen LogP contribution in [0.1, 0.15) is 44.9 Å². The molecule has 2 N–H and O–H groups in total. The van der Waals surface area contributed by atoms with Crippen LogP contribution in [0.4, 0.5) is 10.6 Å². The number of nitrogens with one attached hydrogen (secondary N) is 2. The summed E-state index contributed by atoms with van der Waals surface area (Å²) >= 11 is 0. The molecule has 0 aliphatic carbocycles. The molecule has 214 valence electrons. The average molecular weight is 571 g/mol. The Labute approximate surface area is 234 Å². The lowest BCUT2D eigenvalue weighted by Crippen LogP contribution is -2.33. The van der Waals surface area contributed by atoms with E-state index in [0.717, 1.165) is 6.26 Å². The number of carbonyl (C=O) groups is 1. The summed E-state index contributed by atoms with van der Waals surface area (Å²) in [7, 11) is -1.90. The molecule has 0 aliphatic rings. The molecule has 0 saturated carbocycles. The molecular weight excluding hydrogens is 536 g/mol. The first kappa shape index (κ1) is 30.5. The normalized spacial score (nSPS) is 11.4. The van der Waals surface area contributed by atoms with Gasteiger partial charge in [0, 0.05) is 64.1 Å². The average Bonchev–Trinajstić information content (AvgIpc) is 2.89. The molecule has 3 rings (SSSR count). The molecule has 0 fully saturated rings. The van der Waals surface area contributed by atoms with Gasteiger partial charge < -0.3 is 24.8 Å². The molecule has 0 saturated heterocycles. The lowest BCUT2D eigenvalue weighted by Gasteiger charge is -2.19. The third kappa shape index (κ3) is 9.62. The number of carbonyl (C=O) groups excluding carboxylic acids is 1. The quantitative estimate of drug-likeness (QED) is 0.199. The Morgan fingerprint density at radius 1 is 1.05 bits per heavy atom. The lowest BCUT2D eigenvalue weighted by atomic mass is 10.2. The molecule has 3 aromatic heterocycles. The Hall–Kier alpha value is -4.02. The Morgan fingerprint density at radius 3 is 2.55 bits per heavy atom. The summed E-state index contributed by atoms with van der Waals surface area (Å²) in [6, 6.07) is 3.45. The Balaban J connectivity index is 1.51. The van der Waals surface area contributed by atoms with Gasteiger partial charge in [-0.05, 0) is 39.2 Å². The van der Waals surface area contributed by atoms with Gasteiger partial charge in [0.25, 0.3) is 0 Å². The van der Waals surface area contributed by atoms with Crippen molar-refractivity contribution in [2.75, 3.05) is 45.0 Å². The first-order chi connectivity index (χ1) is 19.0. The molecule has 13 heteroatoms. The van der Waals surface area contributed by atoms with E-state index in [1.165, 1.54) is 12.4 Å². The van der Waals surface area contributed by atoms with Crippen LogP contribution in [0.3, 0.4) is 0 Å². The van der Waals surface area contributed by atoms with Crippen LogP contribution in [0.5, 0.6) is 5.75 Å². The van der Waals surface area contributed by atoms with Crippen molar-refractivity contribution in [2.45, 2.75) is 44.4 Å². The first-order valence-electron chi connectivity index (χ1n) is 12.7. The minimum atomic E-state index is -3.60. The van der Waals surface area contributed by atoms with Gasteiger partial charge in [-0.3, -0.25) is 0 Å². The van der Waals surface area contributed by atoms with Crippen LogP contribution in [-0.2, 0) is 19.3 Å². The molecule has 0 atom stereocenters. The summed E-state index contributed by atoms with van der Waals surface area (Å²) in [4.78, 5) is 28.4. The van der Waals surface area contributed by atoms with Crippen molar-refractivity contribution in [3.05, 3.63) is 42.0 Å². The fourth-order valence-electron chi connectivity index (χ4n) is 3.31. The molecule has 12 nitrogen and oxygen atoms in total. The number of fused-ring (bicyclic) bond motifs is 1. The molecule has 3 heterocycles. The maximum absolute atomic E-state index is 12.0. The third-order valence-corrected chi connectivity index (χ3v) is 5.92. The summed E-state index contributed by atoms with van der Waals surface area (Å²) in [5, 5.41) is 5.90. The smallest absolute Gasteiger partial charge is 0.407 e. The van der Waals surface area contributed by atoms with Crippen LogP contribution in [-0.4, -0.2) is 79.7 Å². The van der Waals surface area contributed by atoms with E-state index in [1.54, 1.807) is 25.4 Å². The number of ether oxygens (including phenoxy) is 3. The van der Waals surface area contributed by atoms with Crippen molar-refractivity contribution in [1.29, 1.82) is 0 Å². The van der Waals surface area contributed by atoms with E-state index < -0.39 is 21.5 Å². The summed E-state index contributed by atoms with van der Waals surface area (Å²) < 4.78 is 40.5. The molecule has 0 radical (unpaired) electrons. The molecular formula is C27H34N6O6S. The van der Waals surface area contributed by atoms with Gasteiger partial charge in [-0.25, -0.2) is 33.1 Å². The number of pyridine rings is 2. The molecule has 1 amide bonds. The third-order valence-electron chi connectivity index (χ3n) is 5.06. The Kier molecular flexibility index (Phi) is 10.6. The lowest BCUT2D eigenvalue weighted by molar-refractivity contribution is 0.0519. The van der Waals surface area contributed by atoms with Gasteiger partial charge in [-0.1, -0.05) is 5.92 Å². The zero-order valence-electron chi connectivity index (χ0n) is 23.3. The number of anilines is 1. The van der Waals surface area contributed by atoms with E-state index in [9.17, 15) is 13.2 Å². The summed E-state index contributed by atoms with van der Waals surface area (Å²) in [5.41, 5.74) is 0.757. The fraction of sp³-hybridized carbons (Fsp3) is 0.444. The summed E-state index contributed by atoms with van der Waals surface area (Å²) in [6.45, 7) is 7.40. The van der Waals surface area contributed by atoms with Crippen molar-refractivity contribution in [3.63, 3.8) is 0 Å². The number of amides is 1. The molecule has 40 heavy (non-hydrogen) atoms. The zero-order chi connectivity index (χ0) is 29.2. The number of alkyl carbamates (subject to hydrolysis) is 1. The van der Waals surface area contributed by atoms with Gasteiger partial charge >= 0.3 is 6.09 Å². The molecule has 0 aromatic carbocycles. The van der Waals surface area contributed by atoms with Gasteiger partial charge in [0.05, 0.1) is 23.1 Å². The largest absolute Gasteiger partial charge is 0.493 e.